The molecule has 21 heavy (non-hydrogen) atoms. The Hall–Kier alpha value is -1.01. The van der Waals surface area contributed by atoms with E-state index in [9.17, 15) is 5.11 Å². The van der Waals surface area contributed by atoms with E-state index in [0.717, 1.165) is 15.5 Å². The lowest BCUT2D eigenvalue weighted by Gasteiger charge is -2.19. The van der Waals surface area contributed by atoms with Gasteiger partial charge in [-0.05, 0) is 31.0 Å². The molecule has 0 unspecified atom stereocenters. The third-order valence-corrected chi connectivity index (χ3v) is 5.52. The first-order valence-electron chi connectivity index (χ1n) is 7.15. The van der Waals surface area contributed by atoms with Gasteiger partial charge in [-0.1, -0.05) is 40.3 Å². The largest absolute Gasteiger partial charge is 0.507 e. The van der Waals surface area contributed by atoms with Crippen LogP contribution in [0, 0.1) is 0 Å². The van der Waals surface area contributed by atoms with Gasteiger partial charge in [-0.2, -0.15) is 16.7 Å². The quantitative estimate of drug-likeness (QED) is 0.841. The smallest absolute Gasteiger partial charge is 0.261 e. The maximum Gasteiger partial charge on any atom is 0.261 e. The number of phenolic OH excluding ortho intramolecular Hbond substituents is 1. The summed E-state index contributed by atoms with van der Waals surface area (Å²) in [5.74, 6) is 1.98. The van der Waals surface area contributed by atoms with E-state index in [1.807, 2.05) is 17.8 Å². The molecule has 1 aliphatic rings. The number of aromatic nitrogens is 2. The van der Waals surface area contributed by atoms with E-state index >= 15 is 0 Å². The Morgan fingerprint density at radius 3 is 2.86 bits per heavy atom. The van der Waals surface area contributed by atoms with Crippen molar-refractivity contribution in [3.63, 3.8) is 0 Å². The number of halogens is 1. The number of rotatable bonds is 4. The molecule has 1 aromatic heterocycles. The molecule has 0 amide bonds. The maximum atomic E-state index is 9.92. The molecule has 0 bridgehead atoms. The molecule has 1 fully saturated rings. The van der Waals surface area contributed by atoms with Crippen LogP contribution in [-0.4, -0.2) is 20.5 Å². The molecule has 0 radical (unpaired) electrons. The highest BCUT2D eigenvalue weighted by Crippen LogP contribution is 2.32. The van der Waals surface area contributed by atoms with Crippen molar-refractivity contribution in [1.82, 2.24) is 10.1 Å². The van der Waals surface area contributed by atoms with Crippen molar-refractivity contribution in [2.24, 2.45) is 0 Å². The van der Waals surface area contributed by atoms with Gasteiger partial charge in [0.05, 0.1) is 11.3 Å². The summed E-state index contributed by atoms with van der Waals surface area (Å²) >= 11 is 5.22. The number of hydrogen-bond donors (Lipinski definition) is 1. The Morgan fingerprint density at radius 1 is 1.29 bits per heavy atom. The normalized spacial score (nSPS) is 16.2. The fourth-order valence-electron chi connectivity index (χ4n) is 2.53. The molecule has 1 saturated carbocycles. The van der Waals surface area contributed by atoms with Crippen LogP contribution in [0.3, 0.4) is 0 Å². The molecular formula is C15H17BrN2O2S. The van der Waals surface area contributed by atoms with Gasteiger partial charge in [0.1, 0.15) is 5.75 Å². The van der Waals surface area contributed by atoms with Crippen LogP contribution < -0.4 is 0 Å². The molecule has 0 spiro atoms. The first kappa shape index (κ1) is 14.9. The molecule has 0 atom stereocenters. The second-order valence-electron chi connectivity index (χ2n) is 5.25. The van der Waals surface area contributed by atoms with Crippen molar-refractivity contribution in [3.05, 3.63) is 28.5 Å². The third kappa shape index (κ3) is 3.80. The Balaban J connectivity index is 1.65. The van der Waals surface area contributed by atoms with Gasteiger partial charge in [0.25, 0.3) is 5.89 Å². The van der Waals surface area contributed by atoms with Crippen LogP contribution in [-0.2, 0) is 5.75 Å². The molecule has 1 aliphatic carbocycles. The number of nitrogens with zero attached hydrogens (tertiary/aromatic N) is 2. The van der Waals surface area contributed by atoms with Crippen LogP contribution >= 0.6 is 27.7 Å². The van der Waals surface area contributed by atoms with Gasteiger partial charge >= 0.3 is 0 Å². The zero-order valence-electron chi connectivity index (χ0n) is 11.6. The van der Waals surface area contributed by atoms with Gasteiger partial charge in [-0.15, -0.1) is 0 Å². The standard InChI is InChI=1S/C15H17BrN2O2S/c16-10-6-7-12(13(19)8-10)15-17-14(18-20-15)9-21-11-4-2-1-3-5-11/h6-8,11,19H,1-5,9H2. The molecule has 1 heterocycles. The lowest BCUT2D eigenvalue weighted by molar-refractivity contribution is 0.419. The van der Waals surface area contributed by atoms with Crippen molar-refractivity contribution in [2.45, 2.75) is 43.1 Å². The minimum Gasteiger partial charge on any atom is -0.507 e. The summed E-state index contributed by atoms with van der Waals surface area (Å²) in [6.45, 7) is 0. The zero-order chi connectivity index (χ0) is 14.7. The molecule has 0 aliphatic heterocycles. The van der Waals surface area contributed by atoms with Crippen molar-refractivity contribution in [1.29, 1.82) is 0 Å². The number of thioether (sulfide) groups is 1. The van der Waals surface area contributed by atoms with E-state index in [4.69, 9.17) is 4.52 Å². The number of aromatic hydroxyl groups is 1. The van der Waals surface area contributed by atoms with Gasteiger partial charge in [0.2, 0.25) is 0 Å². The van der Waals surface area contributed by atoms with Gasteiger partial charge in [-0.25, -0.2) is 0 Å². The van der Waals surface area contributed by atoms with Crippen molar-refractivity contribution in [3.8, 4) is 17.2 Å². The summed E-state index contributed by atoms with van der Waals surface area (Å²) in [4.78, 5) is 4.38. The van der Waals surface area contributed by atoms with Crippen LogP contribution in [0.5, 0.6) is 5.75 Å². The predicted octanol–water partition coefficient (Wildman–Crippen LogP) is 4.77. The SMILES string of the molecule is Oc1cc(Br)ccc1-c1nc(CSC2CCCCC2)no1. The fourth-order valence-corrected chi connectivity index (χ4v) is 4.05. The van der Waals surface area contributed by atoms with Crippen molar-refractivity contribution in [2.75, 3.05) is 0 Å². The summed E-state index contributed by atoms with van der Waals surface area (Å²) in [6, 6.07) is 5.23. The minimum atomic E-state index is 0.138. The van der Waals surface area contributed by atoms with Crippen LogP contribution in [0.1, 0.15) is 37.9 Å². The summed E-state index contributed by atoms with van der Waals surface area (Å²) in [5.41, 5.74) is 0.569. The molecule has 3 rings (SSSR count). The maximum absolute atomic E-state index is 9.92. The molecule has 1 N–H and O–H groups in total. The van der Waals surface area contributed by atoms with E-state index in [-0.39, 0.29) is 5.75 Å². The molecule has 112 valence electrons. The lowest BCUT2D eigenvalue weighted by atomic mass is 10.0. The lowest BCUT2D eigenvalue weighted by Crippen LogP contribution is -2.08. The molecule has 2 aromatic rings. The molecular weight excluding hydrogens is 352 g/mol. The number of phenols is 1. The van der Waals surface area contributed by atoms with Gasteiger partial charge < -0.3 is 9.63 Å². The van der Waals surface area contributed by atoms with Gasteiger partial charge in [0.15, 0.2) is 5.82 Å². The molecule has 1 aromatic carbocycles. The Bertz CT molecular complexity index is 611. The first-order chi connectivity index (χ1) is 10.2. The van der Waals surface area contributed by atoms with E-state index in [2.05, 4.69) is 26.1 Å². The highest BCUT2D eigenvalue weighted by molar-refractivity contribution is 9.10. The topological polar surface area (TPSA) is 59.2 Å². The van der Waals surface area contributed by atoms with E-state index in [1.54, 1.807) is 12.1 Å². The number of benzene rings is 1. The van der Waals surface area contributed by atoms with Crippen molar-refractivity contribution < 1.29 is 9.63 Å². The number of hydrogen-bond acceptors (Lipinski definition) is 5. The third-order valence-electron chi connectivity index (χ3n) is 3.66. The second kappa shape index (κ2) is 6.83. The summed E-state index contributed by atoms with van der Waals surface area (Å²) in [6.07, 6.45) is 6.63. The monoisotopic (exact) mass is 368 g/mol. The Labute approximate surface area is 136 Å². The zero-order valence-corrected chi connectivity index (χ0v) is 14.0. The van der Waals surface area contributed by atoms with Crippen LogP contribution in [0.2, 0.25) is 0 Å². The summed E-state index contributed by atoms with van der Waals surface area (Å²) in [7, 11) is 0. The van der Waals surface area contributed by atoms with Gasteiger partial charge in [-0.3, -0.25) is 0 Å². The first-order valence-corrected chi connectivity index (χ1v) is 8.99. The average Bonchev–Trinajstić information content (AvgIpc) is 2.95. The van der Waals surface area contributed by atoms with Crippen LogP contribution in [0.25, 0.3) is 11.5 Å². The fraction of sp³-hybridized carbons (Fsp3) is 0.467. The highest BCUT2D eigenvalue weighted by atomic mass is 79.9. The minimum absolute atomic E-state index is 0.138. The molecule has 6 heteroatoms. The second-order valence-corrected chi connectivity index (χ2v) is 7.45. The van der Waals surface area contributed by atoms with Crippen LogP contribution in [0.4, 0.5) is 0 Å². The average molecular weight is 369 g/mol. The highest BCUT2D eigenvalue weighted by Gasteiger charge is 2.17. The van der Waals surface area contributed by atoms with E-state index < -0.39 is 0 Å². The van der Waals surface area contributed by atoms with Crippen LogP contribution in [0.15, 0.2) is 27.2 Å². The Morgan fingerprint density at radius 2 is 2.10 bits per heavy atom. The molecule has 4 nitrogen and oxygen atoms in total. The molecule has 0 saturated heterocycles. The van der Waals surface area contributed by atoms with Crippen molar-refractivity contribution >= 4 is 27.7 Å². The van der Waals surface area contributed by atoms with Gasteiger partial charge in [0, 0.05) is 9.72 Å². The van der Waals surface area contributed by atoms with E-state index in [1.165, 1.54) is 32.1 Å². The predicted molar refractivity (Wildman–Crippen MR) is 87.3 cm³/mol. The van der Waals surface area contributed by atoms with E-state index in [0.29, 0.717) is 17.3 Å². The summed E-state index contributed by atoms with van der Waals surface area (Å²) in [5, 5.41) is 14.7. The Kier molecular flexibility index (Phi) is 4.85. The summed E-state index contributed by atoms with van der Waals surface area (Å²) < 4.78 is 6.08.